The number of hydrogen-bond donors (Lipinski definition) is 0. The topological polar surface area (TPSA) is 44.8 Å². The van der Waals surface area contributed by atoms with Gasteiger partial charge in [-0.15, -0.1) is 23.2 Å². The van der Waals surface area contributed by atoms with Crippen molar-refractivity contribution in [3.63, 3.8) is 0 Å². The minimum absolute atomic E-state index is 0.212. The predicted octanol–water partition coefficient (Wildman–Crippen LogP) is 2.66. The van der Waals surface area contributed by atoms with Gasteiger partial charge in [0, 0.05) is 6.42 Å². The number of carbonyl (C=O) groups excluding carboxylic acids is 1. The zero-order valence-corrected chi connectivity index (χ0v) is 11.8. The van der Waals surface area contributed by atoms with Gasteiger partial charge in [0.25, 0.3) is 0 Å². The molecule has 1 saturated heterocycles. The quantitative estimate of drug-likeness (QED) is 0.575. The van der Waals surface area contributed by atoms with Crippen LogP contribution in [-0.2, 0) is 19.0 Å². The summed E-state index contributed by atoms with van der Waals surface area (Å²) >= 11 is 11.9. The van der Waals surface area contributed by atoms with Crippen LogP contribution in [0.2, 0.25) is 0 Å². The van der Waals surface area contributed by atoms with E-state index in [1.54, 1.807) is 20.8 Å². The lowest BCUT2D eigenvalue weighted by Crippen LogP contribution is -2.41. The molecule has 1 fully saturated rings. The zero-order valence-electron chi connectivity index (χ0n) is 10.3. The number of rotatable bonds is 5. The molecule has 0 aromatic rings. The summed E-state index contributed by atoms with van der Waals surface area (Å²) in [6, 6.07) is 0. The average Bonchev–Trinajstić information content (AvgIpc) is 2.53. The van der Waals surface area contributed by atoms with E-state index in [1.165, 1.54) is 0 Å². The second-order valence-electron chi connectivity index (χ2n) is 4.46. The molecule has 0 aliphatic carbocycles. The van der Waals surface area contributed by atoms with Gasteiger partial charge in [-0.25, -0.2) is 0 Å². The van der Waals surface area contributed by atoms with Crippen molar-refractivity contribution in [2.45, 2.75) is 49.8 Å². The molecule has 4 nitrogen and oxygen atoms in total. The number of halogens is 2. The molecular formula is C11H18Cl2O4. The summed E-state index contributed by atoms with van der Waals surface area (Å²) in [5, 5.41) is 0. The van der Waals surface area contributed by atoms with Crippen LogP contribution in [0, 0.1) is 0 Å². The monoisotopic (exact) mass is 284 g/mol. The number of hydrogen-bond acceptors (Lipinski definition) is 4. The van der Waals surface area contributed by atoms with E-state index < -0.39 is 16.2 Å². The van der Waals surface area contributed by atoms with Gasteiger partial charge in [0.2, 0.25) is 0 Å². The Morgan fingerprint density at radius 1 is 1.47 bits per heavy atom. The van der Waals surface area contributed by atoms with Crippen LogP contribution in [0.5, 0.6) is 0 Å². The Labute approximate surface area is 111 Å². The molecule has 1 unspecified atom stereocenters. The highest BCUT2D eigenvalue weighted by atomic mass is 35.5. The first-order valence-electron chi connectivity index (χ1n) is 5.59. The first-order valence-corrected chi connectivity index (χ1v) is 6.46. The molecule has 1 heterocycles. The first kappa shape index (κ1) is 15.0. The number of ether oxygens (including phenoxy) is 3. The molecule has 0 bridgehead atoms. The van der Waals surface area contributed by atoms with E-state index in [1.807, 2.05) is 0 Å². The van der Waals surface area contributed by atoms with Gasteiger partial charge in [-0.05, 0) is 27.2 Å². The fraction of sp³-hybridized carbons (Fsp3) is 0.909. The summed E-state index contributed by atoms with van der Waals surface area (Å²) in [5.74, 6) is -1.01. The maximum atomic E-state index is 11.3. The van der Waals surface area contributed by atoms with E-state index in [4.69, 9.17) is 37.4 Å². The third-order valence-electron chi connectivity index (χ3n) is 2.57. The molecule has 0 amide bonds. The molecule has 0 aromatic carbocycles. The van der Waals surface area contributed by atoms with E-state index in [9.17, 15) is 4.79 Å². The molecule has 1 aliphatic heterocycles. The number of alkyl halides is 2. The summed E-state index contributed by atoms with van der Waals surface area (Å²) in [6.07, 6.45) is 0.593. The van der Waals surface area contributed by atoms with Gasteiger partial charge in [0.1, 0.15) is 10.4 Å². The van der Waals surface area contributed by atoms with Crippen molar-refractivity contribution >= 4 is 29.2 Å². The molecule has 1 atom stereocenters. The van der Waals surface area contributed by atoms with Crippen molar-refractivity contribution < 1.29 is 19.0 Å². The molecule has 0 aromatic heterocycles. The lowest BCUT2D eigenvalue weighted by molar-refractivity contribution is -0.163. The fourth-order valence-corrected chi connectivity index (χ4v) is 2.16. The summed E-state index contributed by atoms with van der Waals surface area (Å²) in [5.41, 5.74) is -0.834. The number of carbonyl (C=O) groups is 1. The Kier molecular flexibility index (Phi) is 5.07. The molecular weight excluding hydrogens is 267 g/mol. The first-order chi connectivity index (χ1) is 7.81. The molecule has 0 spiro atoms. The summed E-state index contributed by atoms with van der Waals surface area (Å²) in [6.45, 7) is 5.97. The third kappa shape index (κ3) is 3.98. The standard InChI is InChI=1S/C11H18Cl2O4/c1-4-15-8(14)5-6-11(9(12)13)7-16-10(2,3)17-11/h9H,4-7H2,1-3H3. The summed E-state index contributed by atoms with van der Waals surface area (Å²) in [7, 11) is 0. The Hall–Kier alpha value is -0.0300. The summed E-state index contributed by atoms with van der Waals surface area (Å²) in [4.78, 5) is 10.6. The van der Waals surface area contributed by atoms with Crippen LogP contribution in [0.4, 0.5) is 0 Å². The average molecular weight is 285 g/mol. The van der Waals surface area contributed by atoms with Crippen LogP contribution in [0.25, 0.3) is 0 Å². The predicted molar refractivity (Wildman–Crippen MR) is 65.2 cm³/mol. The Balaban J connectivity index is 2.59. The highest BCUT2D eigenvalue weighted by molar-refractivity contribution is 6.45. The maximum absolute atomic E-state index is 11.3. The molecule has 0 saturated carbocycles. The zero-order chi connectivity index (χ0) is 13.1. The van der Waals surface area contributed by atoms with Gasteiger partial charge in [0.05, 0.1) is 13.2 Å². The van der Waals surface area contributed by atoms with E-state index in [0.29, 0.717) is 13.0 Å². The van der Waals surface area contributed by atoms with Crippen molar-refractivity contribution in [3.8, 4) is 0 Å². The highest BCUT2D eigenvalue weighted by Crippen LogP contribution is 2.40. The molecule has 1 rings (SSSR count). The van der Waals surface area contributed by atoms with Gasteiger partial charge in [0.15, 0.2) is 5.79 Å². The van der Waals surface area contributed by atoms with E-state index in [0.717, 1.165) is 0 Å². The van der Waals surface area contributed by atoms with Crippen LogP contribution in [0.1, 0.15) is 33.6 Å². The highest BCUT2D eigenvalue weighted by Gasteiger charge is 2.49. The molecule has 6 heteroatoms. The minimum Gasteiger partial charge on any atom is -0.466 e. The second-order valence-corrected chi connectivity index (χ2v) is 5.56. The third-order valence-corrected chi connectivity index (χ3v) is 3.36. The molecule has 1 aliphatic rings. The Morgan fingerprint density at radius 3 is 2.53 bits per heavy atom. The minimum atomic E-state index is -0.834. The van der Waals surface area contributed by atoms with Crippen molar-refractivity contribution in [1.82, 2.24) is 0 Å². The van der Waals surface area contributed by atoms with Gasteiger partial charge in [-0.3, -0.25) is 4.79 Å². The molecule has 100 valence electrons. The van der Waals surface area contributed by atoms with E-state index >= 15 is 0 Å². The normalized spacial score (nSPS) is 27.4. The van der Waals surface area contributed by atoms with Crippen molar-refractivity contribution in [2.24, 2.45) is 0 Å². The SMILES string of the molecule is CCOC(=O)CCC1(C(Cl)Cl)COC(C)(C)O1. The van der Waals surface area contributed by atoms with Crippen LogP contribution in [0.15, 0.2) is 0 Å². The van der Waals surface area contributed by atoms with Gasteiger partial charge >= 0.3 is 5.97 Å². The maximum Gasteiger partial charge on any atom is 0.305 e. The summed E-state index contributed by atoms with van der Waals surface area (Å²) < 4.78 is 16.1. The van der Waals surface area contributed by atoms with Crippen molar-refractivity contribution in [1.29, 1.82) is 0 Å². The van der Waals surface area contributed by atoms with Crippen LogP contribution >= 0.6 is 23.2 Å². The second kappa shape index (κ2) is 5.74. The number of esters is 1. The Bertz CT molecular complexity index is 281. The van der Waals surface area contributed by atoms with E-state index in [2.05, 4.69) is 0 Å². The van der Waals surface area contributed by atoms with Crippen LogP contribution in [0.3, 0.4) is 0 Å². The lowest BCUT2D eigenvalue weighted by atomic mass is 10.0. The largest absolute Gasteiger partial charge is 0.466 e. The van der Waals surface area contributed by atoms with Crippen molar-refractivity contribution in [3.05, 3.63) is 0 Å². The van der Waals surface area contributed by atoms with Crippen LogP contribution in [-0.4, -0.2) is 35.4 Å². The van der Waals surface area contributed by atoms with Crippen molar-refractivity contribution in [2.75, 3.05) is 13.2 Å². The smallest absolute Gasteiger partial charge is 0.305 e. The van der Waals surface area contributed by atoms with Crippen LogP contribution < -0.4 is 0 Å². The molecule has 0 N–H and O–H groups in total. The van der Waals surface area contributed by atoms with E-state index in [-0.39, 0.29) is 19.0 Å². The lowest BCUT2D eigenvalue weighted by Gasteiger charge is -2.29. The van der Waals surface area contributed by atoms with Gasteiger partial charge in [-0.2, -0.15) is 0 Å². The molecule has 0 radical (unpaired) electrons. The van der Waals surface area contributed by atoms with Gasteiger partial charge in [-0.1, -0.05) is 0 Å². The Morgan fingerprint density at radius 2 is 2.12 bits per heavy atom. The molecule has 17 heavy (non-hydrogen) atoms. The fourth-order valence-electron chi connectivity index (χ4n) is 1.73. The van der Waals surface area contributed by atoms with Gasteiger partial charge < -0.3 is 14.2 Å².